The van der Waals surface area contributed by atoms with Crippen molar-refractivity contribution < 1.29 is 5.11 Å². The fraction of sp³-hybridized carbons (Fsp3) is 0.852. The molecule has 0 spiro atoms. The van der Waals surface area contributed by atoms with E-state index >= 15 is 0 Å². The lowest BCUT2D eigenvalue weighted by Gasteiger charge is -2.56. The third-order valence-corrected chi connectivity index (χ3v) is 11.6. The Balaban J connectivity index is 1.19. The minimum atomic E-state index is -0.292. The molecule has 1 N–H and O–H groups in total. The van der Waals surface area contributed by atoms with Crippen molar-refractivity contribution in [3.63, 3.8) is 0 Å². The molecule has 4 heteroatoms. The Morgan fingerprint density at radius 3 is 2.68 bits per heavy atom. The van der Waals surface area contributed by atoms with Crippen LogP contribution in [-0.4, -0.2) is 20.5 Å². The normalized spacial score (nSPS) is 51.1. The quantitative estimate of drug-likeness (QED) is 0.723. The average molecular weight is 422 g/mol. The van der Waals surface area contributed by atoms with E-state index in [0.717, 1.165) is 48.5 Å². The summed E-state index contributed by atoms with van der Waals surface area (Å²) in [6.07, 6.45) is 12.4. The molecule has 5 aliphatic rings. The van der Waals surface area contributed by atoms with Crippen LogP contribution >= 0.6 is 0 Å². The monoisotopic (exact) mass is 421 g/mol. The first kappa shape index (κ1) is 20.3. The number of rotatable bonds is 3. The van der Waals surface area contributed by atoms with Gasteiger partial charge in [-0.2, -0.15) is 10.4 Å². The number of aromatic nitrogens is 2. The molecule has 1 aromatic heterocycles. The zero-order chi connectivity index (χ0) is 21.5. The molecule has 11 atom stereocenters. The zero-order valence-electron chi connectivity index (χ0n) is 19.5. The summed E-state index contributed by atoms with van der Waals surface area (Å²) >= 11 is 0. The Labute approximate surface area is 187 Å². The summed E-state index contributed by atoms with van der Waals surface area (Å²) in [7, 11) is 0. The van der Waals surface area contributed by atoms with Gasteiger partial charge in [0.05, 0.1) is 11.8 Å². The molecule has 0 amide bonds. The first-order valence-corrected chi connectivity index (χ1v) is 13.0. The third-order valence-electron chi connectivity index (χ3n) is 11.6. The smallest absolute Gasteiger partial charge is 0.138 e. The summed E-state index contributed by atoms with van der Waals surface area (Å²) in [5.41, 5.74) is 0.857. The number of nitriles is 1. The van der Waals surface area contributed by atoms with Crippen LogP contribution in [0.2, 0.25) is 0 Å². The van der Waals surface area contributed by atoms with Crippen LogP contribution in [0.1, 0.15) is 77.8 Å². The maximum atomic E-state index is 11.0. The topological polar surface area (TPSA) is 61.8 Å². The van der Waals surface area contributed by atoms with E-state index in [1.807, 2.05) is 10.7 Å². The molecule has 0 bridgehead atoms. The van der Waals surface area contributed by atoms with E-state index < -0.39 is 0 Å². The predicted octanol–water partition coefficient (Wildman–Crippen LogP) is 5.27. The van der Waals surface area contributed by atoms with Gasteiger partial charge in [-0.1, -0.05) is 20.8 Å². The maximum absolute atomic E-state index is 11.0. The Kier molecular flexibility index (Phi) is 4.47. The van der Waals surface area contributed by atoms with Gasteiger partial charge in [-0.15, -0.1) is 0 Å². The van der Waals surface area contributed by atoms with Crippen molar-refractivity contribution in [2.45, 2.75) is 84.3 Å². The molecule has 0 radical (unpaired) electrons. The van der Waals surface area contributed by atoms with E-state index in [1.54, 1.807) is 6.20 Å². The van der Waals surface area contributed by atoms with Gasteiger partial charge >= 0.3 is 0 Å². The Morgan fingerprint density at radius 2 is 1.87 bits per heavy atom. The third kappa shape index (κ3) is 2.71. The fourth-order valence-electron chi connectivity index (χ4n) is 10.2. The van der Waals surface area contributed by atoms with Crippen LogP contribution in [-0.2, 0) is 6.54 Å². The highest BCUT2D eigenvalue weighted by Gasteiger charge is 2.69. The lowest BCUT2D eigenvalue weighted by molar-refractivity contribution is -0.0846. The lowest BCUT2D eigenvalue weighted by Crippen LogP contribution is -2.50. The van der Waals surface area contributed by atoms with Crippen LogP contribution in [0, 0.1) is 70.0 Å². The van der Waals surface area contributed by atoms with Crippen molar-refractivity contribution in [1.82, 2.24) is 9.78 Å². The standard InChI is InChI=1S/C27H39N3O/c1-16(15-30-18(14-28)10-13-29-30)23-6-7-24-21-4-5-22-20(19(21)8-11-26(23,24)3)9-12-27(31)17(2)25(22)27/h10,13,16-17,19-25,31H,4-9,11-12,15H2,1-3H3/t16-,17-,19-,20-,21-,22+,23-,24+,25?,26-,27+/m1/s1. The zero-order valence-corrected chi connectivity index (χ0v) is 19.5. The van der Waals surface area contributed by atoms with Gasteiger partial charge in [0.25, 0.3) is 0 Å². The highest BCUT2D eigenvalue weighted by atomic mass is 16.3. The molecular weight excluding hydrogens is 382 g/mol. The number of hydrogen-bond acceptors (Lipinski definition) is 3. The van der Waals surface area contributed by atoms with Crippen molar-refractivity contribution in [2.24, 2.45) is 58.7 Å². The molecule has 0 saturated heterocycles. The van der Waals surface area contributed by atoms with Crippen LogP contribution in [0.15, 0.2) is 12.3 Å². The van der Waals surface area contributed by atoms with E-state index in [1.165, 1.54) is 44.9 Å². The molecule has 0 aliphatic heterocycles. The van der Waals surface area contributed by atoms with Crippen molar-refractivity contribution >= 4 is 0 Å². The molecule has 6 rings (SSSR count). The second kappa shape index (κ2) is 6.83. The predicted molar refractivity (Wildman–Crippen MR) is 120 cm³/mol. The van der Waals surface area contributed by atoms with Gasteiger partial charge in [-0.3, -0.25) is 4.68 Å². The molecule has 0 aromatic carbocycles. The van der Waals surface area contributed by atoms with Crippen LogP contribution in [0.25, 0.3) is 0 Å². The Morgan fingerprint density at radius 1 is 1.13 bits per heavy atom. The van der Waals surface area contributed by atoms with Gasteiger partial charge in [0, 0.05) is 6.54 Å². The number of fused-ring (bicyclic) bond motifs is 7. The minimum Gasteiger partial charge on any atom is -0.389 e. The van der Waals surface area contributed by atoms with E-state index in [0.29, 0.717) is 28.9 Å². The highest BCUT2D eigenvalue weighted by molar-refractivity contribution is 5.19. The SMILES string of the molecule is C[C@H](Cn1nccc1C#N)[C@H]1CC[C@H]2[C@@H]3CC[C@@H]4C5[C@@H](C)[C@@]5(O)CC[C@@H]4[C@H]3CC[C@]12C. The lowest BCUT2D eigenvalue weighted by atomic mass is 9.49. The van der Waals surface area contributed by atoms with Crippen molar-refractivity contribution in [2.75, 3.05) is 0 Å². The maximum Gasteiger partial charge on any atom is 0.138 e. The van der Waals surface area contributed by atoms with Crippen molar-refractivity contribution in [3.8, 4) is 6.07 Å². The molecule has 1 unspecified atom stereocenters. The van der Waals surface area contributed by atoms with E-state index in [2.05, 4.69) is 31.9 Å². The molecule has 31 heavy (non-hydrogen) atoms. The van der Waals surface area contributed by atoms with Crippen molar-refractivity contribution in [1.29, 1.82) is 5.26 Å². The Hall–Kier alpha value is -1.34. The van der Waals surface area contributed by atoms with Gasteiger partial charge in [0.15, 0.2) is 0 Å². The number of aliphatic hydroxyl groups is 1. The summed E-state index contributed by atoms with van der Waals surface area (Å²) in [6.45, 7) is 8.20. The van der Waals surface area contributed by atoms with Crippen LogP contribution in [0.3, 0.4) is 0 Å². The Bertz CT molecular complexity index is 903. The number of nitrogens with zero attached hydrogens (tertiary/aromatic N) is 3. The molecule has 5 aliphatic carbocycles. The molecule has 5 saturated carbocycles. The summed E-state index contributed by atoms with van der Waals surface area (Å²) in [5, 5.41) is 24.8. The summed E-state index contributed by atoms with van der Waals surface area (Å²) in [6, 6.07) is 4.13. The average Bonchev–Trinajstić information content (AvgIpc) is 3.08. The molecular formula is C27H39N3O. The first-order valence-electron chi connectivity index (χ1n) is 13.0. The van der Waals surface area contributed by atoms with Gasteiger partial charge in [0.2, 0.25) is 0 Å². The minimum absolute atomic E-state index is 0.292. The largest absolute Gasteiger partial charge is 0.389 e. The van der Waals surface area contributed by atoms with E-state index in [4.69, 9.17) is 0 Å². The van der Waals surface area contributed by atoms with Crippen LogP contribution in [0.4, 0.5) is 0 Å². The molecule has 168 valence electrons. The van der Waals surface area contributed by atoms with Gasteiger partial charge in [-0.25, -0.2) is 0 Å². The van der Waals surface area contributed by atoms with E-state index in [-0.39, 0.29) is 5.60 Å². The number of hydrogen-bond donors (Lipinski definition) is 1. The van der Waals surface area contributed by atoms with Gasteiger partial charge in [-0.05, 0) is 116 Å². The summed E-state index contributed by atoms with van der Waals surface area (Å²) in [5.74, 6) is 6.86. The molecule has 4 nitrogen and oxygen atoms in total. The second-order valence-corrected chi connectivity index (χ2v) is 12.4. The van der Waals surface area contributed by atoms with Gasteiger partial charge in [0.1, 0.15) is 11.8 Å². The first-order chi connectivity index (χ1) is 14.9. The van der Waals surface area contributed by atoms with Crippen molar-refractivity contribution in [3.05, 3.63) is 18.0 Å². The van der Waals surface area contributed by atoms with E-state index in [9.17, 15) is 10.4 Å². The summed E-state index contributed by atoms with van der Waals surface area (Å²) < 4.78 is 1.93. The van der Waals surface area contributed by atoms with Gasteiger partial charge < -0.3 is 5.11 Å². The summed E-state index contributed by atoms with van der Waals surface area (Å²) in [4.78, 5) is 0. The fourth-order valence-corrected chi connectivity index (χ4v) is 10.2. The molecule has 1 heterocycles. The second-order valence-electron chi connectivity index (χ2n) is 12.4. The van der Waals surface area contributed by atoms with Crippen LogP contribution < -0.4 is 0 Å². The molecule has 1 aromatic rings. The highest BCUT2D eigenvalue weighted by Crippen LogP contribution is 2.70. The van der Waals surface area contributed by atoms with Crippen LogP contribution in [0.5, 0.6) is 0 Å². The molecule has 5 fully saturated rings.